The zero-order chi connectivity index (χ0) is 89.1. The smallest absolute Gasteiger partial charge is 0.326 e. The number of phenols is 1. The fourth-order valence-electron chi connectivity index (χ4n) is 10.9. The summed E-state index contributed by atoms with van der Waals surface area (Å²) in [7, 11) is 0. The van der Waals surface area contributed by atoms with E-state index in [0.717, 1.165) is 0 Å². The Morgan fingerprint density at radius 1 is 0.393 bits per heavy atom. The zero-order valence-corrected chi connectivity index (χ0v) is 69.4. The van der Waals surface area contributed by atoms with E-state index in [2.05, 4.69) is 110 Å². The highest BCUT2D eigenvalue weighted by molar-refractivity contribution is 7.80. The van der Waals surface area contributed by atoms with E-state index >= 15 is 0 Å². The average Bonchev–Trinajstić information content (AvgIpc) is 0.865. The largest absolute Gasteiger partial charge is 0.508 e. The fourth-order valence-corrected chi connectivity index (χ4v) is 11.5. The third-order valence-corrected chi connectivity index (χ3v) is 18.8. The lowest BCUT2D eigenvalue weighted by Gasteiger charge is -2.29. The Morgan fingerprint density at radius 3 is 1.14 bits per heavy atom. The lowest BCUT2D eigenvalue weighted by molar-refractivity contribution is -0.143. The van der Waals surface area contributed by atoms with Crippen molar-refractivity contribution in [3.8, 4) is 5.75 Å². The van der Waals surface area contributed by atoms with E-state index in [0.29, 0.717) is 12.0 Å². The Kier molecular flexibility index (Phi) is 48.2. The van der Waals surface area contributed by atoms with Gasteiger partial charge in [0.1, 0.15) is 90.3 Å². The van der Waals surface area contributed by atoms with Gasteiger partial charge >= 0.3 is 17.9 Å². The molecule has 658 valence electrons. The molecule has 45 heteroatoms. The predicted molar refractivity (Wildman–Crippen MR) is 435 cm³/mol. The summed E-state index contributed by atoms with van der Waals surface area (Å²) in [5, 5.41) is 73.7. The van der Waals surface area contributed by atoms with Crippen molar-refractivity contribution in [2.45, 2.75) is 250 Å². The van der Waals surface area contributed by atoms with Crippen LogP contribution in [0, 0.1) is 17.8 Å². The first-order chi connectivity index (χ1) is 54.8. The number of hydrogen-bond acceptors (Lipinski definition) is 24. The van der Waals surface area contributed by atoms with Crippen LogP contribution in [0.2, 0.25) is 0 Å². The van der Waals surface area contributed by atoms with Crippen LogP contribution in [0.15, 0.2) is 34.3 Å². The molecule has 0 aromatic heterocycles. The van der Waals surface area contributed by atoms with Crippen LogP contribution in [-0.2, 0) is 87.9 Å². The number of unbranched alkanes of at least 4 members (excludes halogenated alkanes) is 1. The third-order valence-electron chi connectivity index (χ3n) is 18.0. The van der Waals surface area contributed by atoms with E-state index in [-0.39, 0.29) is 107 Å². The molecule has 0 unspecified atom stereocenters. The number of amides is 14. The van der Waals surface area contributed by atoms with Gasteiger partial charge in [-0.05, 0) is 134 Å². The molecule has 14 amide bonds. The second-order valence-corrected chi connectivity index (χ2v) is 29.6. The summed E-state index contributed by atoms with van der Waals surface area (Å²) in [4.78, 5) is 238. The van der Waals surface area contributed by atoms with Crippen molar-refractivity contribution < 1.29 is 102 Å². The molecule has 0 aliphatic rings. The number of nitrogens with zero attached hydrogens (tertiary/aromatic N) is 2. The summed E-state index contributed by atoms with van der Waals surface area (Å²) < 4.78 is 0. The van der Waals surface area contributed by atoms with Crippen molar-refractivity contribution in [2.75, 3.05) is 31.1 Å². The van der Waals surface area contributed by atoms with E-state index in [4.69, 9.17) is 34.4 Å². The maximum absolute atomic E-state index is 14.4. The van der Waals surface area contributed by atoms with Gasteiger partial charge in [-0.3, -0.25) is 86.7 Å². The van der Waals surface area contributed by atoms with E-state index in [1.807, 2.05) is 0 Å². The number of carboxylic acids is 3. The Morgan fingerprint density at radius 2 is 0.726 bits per heavy atom. The van der Waals surface area contributed by atoms with Gasteiger partial charge < -0.3 is 129 Å². The number of aliphatic carboxylic acids is 3. The molecule has 117 heavy (non-hydrogen) atoms. The number of aliphatic imine (C=N–C) groups is 2. The van der Waals surface area contributed by atoms with Crippen molar-refractivity contribution in [1.29, 1.82) is 0 Å². The predicted octanol–water partition coefficient (Wildman–Crippen LogP) is -6.21. The Labute approximate surface area is 689 Å². The minimum Gasteiger partial charge on any atom is -0.508 e. The first-order valence-corrected chi connectivity index (χ1v) is 39.6. The van der Waals surface area contributed by atoms with Crippen molar-refractivity contribution >= 4 is 138 Å². The average molecular weight is 1700 g/mol. The molecule has 0 fully saturated rings. The summed E-state index contributed by atoms with van der Waals surface area (Å²) in [6, 6.07) is -16.5. The van der Waals surface area contributed by atoms with Gasteiger partial charge in [0.25, 0.3) is 0 Å². The van der Waals surface area contributed by atoms with Gasteiger partial charge in [-0.2, -0.15) is 25.3 Å². The second-order valence-electron chi connectivity index (χ2n) is 28.9. The second kappa shape index (κ2) is 54.2. The lowest BCUT2D eigenvalue weighted by atomic mass is 9.96. The van der Waals surface area contributed by atoms with Crippen LogP contribution in [0.5, 0.6) is 5.75 Å². The van der Waals surface area contributed by atoms with E-state index in [9.17, 15) is 102 Å². The summed E-state index contributed by atoms with van der Waals surface area (Å²) in [6.45, 7) is 15.3. The summed E-state index contributed by atoms with van der Waals surface area (Å²) >= 11 is 8.50. The standard InChI is InChI=1S/C72H122N22O21S2/c1-11-36(6)55(69(113)84-39(9)57(101)85-45(18-15-29-80-72(77)78)62(106)91-50(32-116)67(111)83-40(10)59(103)93-54(35(4)5)70(114)115)94-66(110)48(30-34(2)3)90-68(112)51(33-117)92-61(105)44(17-12-13-27-73)86-63(107)46(23-25-52(96)97)87-64(108)47(24-26-53(98)99)88-65(109)49(31-41-19-21-42(95)22-20-41)89-58(102)38(8)81-56(100)37(7)82-60(104)43(74)16-14-28-79-71(75)76/h19-22,34-40,43-51,54-55,95,116-117H,11-18,23-33,73-74H2,1-10H3,(H,81,100)(H,82,104)(H,83,111)(H,84,113)(H,85,101)(H,86,107)(H,87,108)(H,88,109)(H,89,102)(H,90,112)(H,91,106)(H,92,105)(H,93,103)(H,94,110)(H,96,97)(H,98,99)(H,114,115)(H4,75,76,79)(H4,77,78,80)/t36-,37-,38-,39-,40-,43-,44-,45-,46-,47-,48-,49-,50-,51-,54-,55-/m0/s1. The van der Waals surface area contributed by atoms with Crippen molar-refractivity contribution in [2.24, 2.45) is 62.1 Å². The number of guanidine groups is 2. The molecule has 0 aliphatic heterocycles. The molecule has 0 saturated carbocycles. The van der Waals surface area contributed by atoms with Gasteiger partial charge in [0.2, 0.25) is 82.7 Å². The van der Waals surface area contributed by atoms with Crippen LogP contribution in [0.4, 0.5) is 0 Å². The van der Waals surface area contributed by atoms with E-state index in [1.165, 1.54) is 52.0 Å². The van der Waals surface area contributed by atoms with Crippen LogP contribution in [0.3, 0.4) is 0 Å². The summed E-state index contributed by atoms with van der Waals surface area (Å²) in [6.07, 6.45) is -2.39. The van der Waals surface area contributed by atoms with Crippen LogP contribution >= 0.6 is 25.3 Å². The first kappa shape index (κ1) is 104. The number of carboxylic acid groups (broad SMARTS) is 3. The molecule has 30 N–H and O–H groups in total. The molecule has 43 nitrogen and oxygen atoms in total. The van der Waals surface area contributed by atoms with Gasteiger partial charge in [-0.1, -0.05) is 60.1 Å². The molecule has 1 aromatic rings. The number of phenolic OH excluding ortho intramolecular Hbond substituents is 1. The zero-order valence-electron chi connectivity index (χ0n) is 67.6. The number of carbonyl (C=O) groups excluding carboxylic acids is 14. The highest BCUT2D eigenvalue weighted by Crippen LogP contribution is 2.16. The SMILES string of the molecule is CC[C@H](C)[C@H](NC(=O)[C@H](CC(C)C)NC(=O)[C@H](CS)NC(=O)[C@H](CCCCN)NC(=O)[C@H](CCC(=O)O)NC(=O)[C@H](CCC(=O)O)NC(=O)[C@H](Cc1ccc(O)cc1)NC(=O)[C@H](C)NC(=O)[C@H](C)NC(=O)[C@@H](N)CCCN=C(N)N)C(=O)N[C@@H](C)C(=O)N[C@@H](CCCN=C(N)N)C(=O)N[C@@H](CS)C(=O)N[C@@H](C)C(=O)N[C@H](C(=O)O)C(C)C. The highest BCUT2D eigenvalue weighted by Gasteiger charge is 2.38. The normalized spacial score (nSPS) is 15.2. The number of rotatable bonds is 56. The van der Waals surface area contributed by atoms with Gasteiger partial charge in [0.05, 0.1) is 6.04 Å². The number of carbonyl (C=O) groups is 17. The molecule has 1 rings (SSSR count). The number of aromatic hydroxyl groups is 1. The quantitative estimate of drug-likeness (QED) is 0.0125. The molecule has 0 aliphatic carbocycles. The topological polar surface area (TPSA) is 720 Å². The molecule has 1 aromatic carbocycles. The molecule has 0 saturated heterocycles. The molecule has 0 bridgehead atoms. The number of benzene rings is 1. The van der Waals surface area contributed by atoms with Gasteiger partial charge in [-0.15, -0.1) is 0 Å². The minimum atomic E-state index is -1.85. The van der Waals surface area contributed by atoms with E-state index < -0.39 is 235 Å². The monoisotopic (exact) mass is 1690 g/mol. The molecular weight excluding hydrogens is 1570 g/mol. The van der Waals surface area contributed by atoms with Crippen LogP contribution < -0.4 is 109 Å². The molecule has 0 radical (unpaired) electrons. The minimum absolute atomic E-state index is 0.00736. The first-order valence-electron chi connectivity index (χ1n) is 38.3. The van der Waals surface area contributed by atoms with Crippen LogP contribution in [-0.4, -0.2) is 255 Å². The summed E-state index contributed by atoms with van der Waals surface area (Å²) in [5.41, 5.74) is 33.7. The Hall–Kier alpha value is -10.8. The molecule has 0 heterocycles. The number of nitrogens with one attached hydrogen (secondary N) is 14. The van der Waals surface area contributed by atoms with E-state index in [1.54, 1.807) is 41.5 Å². The van der Waals surface area contributed by atoms with Gasteiger partial charge in [0, 0.05) is 43.9 Å². The van der Waals surface area contributed by atoms with Crippen molar-refractivity contribution in [3.05, 3.63) is 29.8 Å². The van der Waals surface area contributed by atoms with Crippen molar-refractivity contribution in [1.82, 2.24) is 74.4 Å². The van der Waals surface area contributed by atoms with Crippen LogP contribution in [0.1, 0.15) is 158 Å². The number of hydrogen-bond donors (Lipinski definition) is 26. The van der Waals surface area contributed by atoms with Gasteiger partial charge in [0.15, 0.2) is 11.9 Å². The fraction of sp³-hybridized carbons (Fsp3) is 0.653. The molecule has 16 atom stereocenters. The maximum atomic E-state index is 14.4. The lowest BCUT2D eigenvalue weighted by Crippen LogP contribution is -2.61. The maximum Gasteiger partial charge on any atom is 0.326 e. The van der Waals surface area contributed by atoms with Crippen LogP contribution in [0.25, 0.3) is 0 Å². The Balaban J connectivity index is 3.57. The Bertz CT molecular complexity index is 3590. The van der Waals surface area contributed by atoms with Crippen molar-refractivity contribution in [3.63, 3.8) is 0 Å². The summed E-state index contributed by atoms with van der Waals surface area (Å²) in [5.74, 6) is -20.5. The number of nitrogens with two attached hydrogens (primary N) is 6. The third kappa shape index (κ3) is 40.5. The molecule has 0 spiro atoms. The molecular formula is C72H122N22O21S2. The van der Waals surface area contributed by atoms with Gasteiger partial charge in [-0.25, -0.2) is 4.79 Å². The highest BCUT2D eigenvalue weighted by atomic mass is 32.1. The number of thiol groups is 2.